The summed E-state index contributed by atoms with van der Waals surface area (Å²) >= 11 is 3.43. The molecule has 0 fully saturated rings. The first-order valence-electron chi connectivity index (χ1n) is 6.92. The Balaban J connectivity index is 2.72. The summed E-state index contributed by atoms with van der Waals surface area (Å²) in [6.07, 6.45) is 0. The first-order valence-corrected chi connectivity index (χ1v) is 7.72. The highest BCUT2D eigenvalue weighted by Gasteiger charge is 2.22. The second-order valence-corrected chi connectivity index (χ2v) is 6.10. The fourth-order valence-corrected chi connectivity index (χ4v) is 3.14. The van der Waals surface area contributed by atoms with Crippen molar-refractivity contribution >= 4 is 32.8 Å². The zero-order valence-electron chi connectivity index (χ0n) is 12.9. The molecule has 3 aromatic rings. The first kappa shape index (κ1) is 16.0. The number of nitrogens with zero attached hydrogens (tertiary/aromatic N) is 4. The van der Waals surface area contributed by atoms with Crippen LogP contribution in [0.3, 0.4) is 0 Å². The molecular formula is C16H12BrN5O2. The van der Waals surface area contributed by atoms with Gasteiger partial charge < -0.3 is 5.73 Å². The lowest BCUT2D eigenvalue weighted by atomic mass is 9.98. The molecule has 0 bridgehead atoms. The molecule has 0 atom stereocenters. The average molecular weight is 386 g/mol. The van der Waals surface area contributed by atoms with Gasteiger partial charge in [0.15, 0.2) is 5.65 Å². The third-order valence-corrected chi connectivity index (χ3v) is 4.56. The van der Waals surface area contributed by atoms with Crippen molar-refractivity contribution in [3.8, 4) is 17.2 Å². The molecule has 2 heterocycles. The maximum Gasteiger partial charge on any atom is 0.332 e. The van der Waals surface area contributed by atoms with Crippen LogP contribution in [-0.4, -0.2) is 14.1 Å². The number of nitrogen functional groups attached to an aromatic ring is 1. The first-order chi connectivity index (χ1) is 11.4. The lowest BCUT2D eigenvalue weighted by Gasteiger charge is -2.14. The number of aromatic nitrogens is 3. The maximum atomic E-state index is 12.7. The number of hydrogen-bond donors (Lipinski definition) is 1. The molecule has 0 unspecified atom stereocenters. The van der Waals surface area contributed by atoms with E-state index in [1.807, 2.05) is 12.1 Å². The van der Waals surface area contributed by atoms with Crippen molar-refractivity contribution in [3.05, 3.63) is 55.1 Å². The zero-order chi connectivity index (χ0) is 17.6. The summed E-state index contributed by atoms with van der Waals surface area (Å²) in [6, 6.07) is 9.19. The molecule has 0 aliphatic rings. The SMILES string of the molecule is Cn1c(=O)c2c(-c3ccccc3Br)c(C#N)c(N)nc2n(C)c1=O. The quantitative estimate of drug-likeness (QED) is 0.683. The van der Waals surface area contributed by atoms with E-state index in [9.17, 15) is 14.9 Å². The Labute approximate surface area is 144 Å². The molecule has 0 spiro atoms. The van der Waals surface area contributed by atoms with E-state index in [1.54, 1.807) is 18.2 Å². The van der Waals surface area contributed by atoms with E-state index in [4.69, 9.17) is 5.73 Å². The molecule has 8 heteroatoms. The van der Waals surface area contributed by atoms with Crippen molar-refractivity contribution < 1.29 is 0 Å². The summed E-state index contributed by atoms with van der Waals surface area (Å²) in [5.74, 6) is -0.0287. The van der Waals surface area contributed by atoms with Crippen molar-refractivity contribution in [1.82, 2.24) is 14.1 Å². The summed E-state index contributed by atoms with van der Waals surface area (Å²) in [5.41, 5.74) is 6.12. The normalized spacial score (nSPS) is 10.8. The van der Waals surface area contributed by atoms with Crippen molar-refractivity contribution in [2.24, 2.45) is 14.1 Å². The maximum absolute atomic E-state index is 12.7. The molecule has 24 heavy (non-hydrogen) atoms. The van der Waals surface area contributed by atoms with E-state index in [-0.39, 0.29) is 22.4 Å². The molecule has 2 N–H and O–H groups in total. The van der Waals surface area contributed by atoms with Crippen molar-refractivity contribution in [3.63, 3.8) is 0 Å². The molecular weight excluding hydrogens is 374 g/mol. The number of aryl methyl sites for hydroxylation is 1. The second-order valence-electron chi connectivity index (χ2n) is 5.24. The number of halogens is 1. The van der Waals surface area contributed by atoms with Crippen LogP contribution >= 0.6 is 15.9 Å². The smallest absolute Gasteiger partial charge is 0.332 e. The molecule has 2 aromatic heterocycles. The molecule has 0 radical (unpaired) electrons. The van der Waals surface area contributed by atoms with Crippen LogP contribution < -0.4 is 17.0 Å². The van der Waals surface area contributed by atoms with Crippen molar-refractivity contribution in [1.29, 1.82) is 5.26 Å². The Morgan fingerprint density at radius 2 is 1.88 bits per heavy atom. The number of benzene rings is 1. The van der Waals surface area contributed by atoms with E-state index in [2.05, 4.69) is 20.9 Å². The van der Waals surface area contributed by atoms with Gasteiger partial charge in [-0.05, 0) is 11.6 Å². The van der Waals surface area contributed by atoms with E-state index in [0.29, 0.717) is 15.6 Å². The number of fused-ring (bicyclic) bond motifs is 1. The second kappa shape index (κ2) is 5.62. The van der Waals surface area contributed by atoms with Crippen LogP contribution in [0.4, 0.5) is 5.82 Å². The Morgan fingerprint density at radius 3 is 2.50 bits per heavy atom. The van der Waals surface area contributed by atoms with Gasteiger partial charge in [-0.3, -0.25) is 13.9 Å². The minimum absolute atomic E-state index is 0.0287. The monoisotopic (exact) mass is 385 g/mol. The number of rotatable bonds is 1. The molecule has 0 amide bonds. The summed E-state index contributed by atoms with van der Waals surface area (Å²) in [6.45, 7) is 0. The standard InChI is InChI=1S/C16H12BrN5O2/c1-21-14-12(15(23)22(2)16(21)24)11(9(7-18)13(19)20-14)8-5-3-4-6-10(8)17/h3-6H,1-2H3,(H2,19,20). The third kappa shape index (κ3) is 2.13. The molecule has 0 aliphatic carbocycles. The van der Waals surface area contributed by atoms with E-state index < -0.39 is 11.2 Å². The molecule has 3 rings (SSSR count). The molecule has 0 aliphatic heterocycles. The van der Waals surface area contributed by atoms with Crippen LogP contribution in [0.1, 0.15) is 5.56 Å². The van der Waals surface area contributed by atoms with Crippen molar-refractivity contribution in [2.45, 2.75) is 0 Å². The Bertz CT molecular complexity index is 1150. The van der Waals surface area contributed by atoms with Gasteiger partial charge in [-0.25, -0.2) is 9.78 Å². The molecule has 1 aromatic carbocycles. The van der Waals surface area contributed by atoms with Gasteiger partial charge in [-0.15, -0.1) is 0 Å². The van der Waals surface area contributed by atoms with Gasteiger partial charge in [-0.1, -0.05) is 34.1 Å². The molecule has 0 saturated heterocycles. The Kier molecular flexibility index (Phi) is 3.73. The van der Waals surface area contributed by atoms with E-state index in [1.165, 1.54) is 18.7 Å². The number of anilines is 1. The van der Waals surface area contributed by atoms with Gasteiger partial charge in [0.2, 0.25) is 0 Å². The van der Waals surface area contributed by atoms with Gasteiger partial charge in [-0.2, -0.15) is 5.26 Å². The minimum atomic E-state index is -0.525. The van der Waals surface area contributed by atoms with Crippen molar-refractivity contribution in [2.75, 3.05) is 5.73 Å². The lowest BCUT2D eigenvalue weighted by molar-refractivity contribution is 0.708. The predicted octanol–water partition coefficient (Wildman–Crippen LogP) is 1.52. The summed E-state index contributed by atoms with van der Waals surface area (Å²) in [4.78, 5) is 29.0. The fourth-order valence-electron chi connectivity index (χ4n) is 2.65. The van der Waals surface area contributed by atoms with E-state index >= 15 is 0 Å². The number of hydrogen-bond acceptors (Lipinski definition) is 5. The van der Waals surface area contributed by atoms with Gasteiger partial charge in [0.05, 0.1) is 5.39 Å². The predicted molar refractivity (Wildman–Crippen MR) is 94.5 cm³/mol. The Morgan fingerprint density at radius 1 is 1.21 bits per heavy atom. The summed E-state index contributed by atoms with van der Waals surface area (Å²) in [7, 11) is 2.89. The summed E-state index contributed by atoms with van der Waals surface area (Å²) < 4.78 is 2.93. The number of pyridine rings is 1. The number of nitrogens with two attached hydrogens (primary N) is 1. The van der Waals surface area contributed by atoms with Crippen LogP contribution in [0.15, 0.2) is 38.3 Å². The Hall–Kier alpha value is -2.92. The summed E-state index contributed by atoms with van der Waals surface area (Å²) in [5, 5.41) is 9.71. The molecule has 0 saturated carbocycles. The molecule has 120 valence electrons. The zero-order valence-corrected chi connectivity index (χ0v) is 14.5. The van der Waals surface area contributed by atoms with Crippen LogP contribution in [0.5, 0.6) is 0 Å². The number of nitriles is 1. The van der Waals surface area contributed by atoms with Gasteiger partial charge in [0.25, 0.3) is 5.56 Å². The third-order valence-electron chi connectivity index (χ3n) is 3.87. The topological polar surface area (TPSA) is 107 Å². The highest BCUT2D eigenvalue weighted by Crippen LogP contribution is 2.35. The lowest BCUT2D eigenvalue weighted by Crippen LogP contribution is -2.37. The molecule has 7 nitrogen and oxygen atoms in total. The highest BCUT2D eigenvalue weighted by molar-refractivity contribution is 9.10. The van der Waals surface area contributed by atoms with E-state index in [0.717, 1.165) is 4.57 Å². The van der Waals surface area contributed by atoms with Crippen LogP contribution in [0.25, 0.3) is 22.2 Å². The average Bonchev–Trinajstić information content (AvgIpc) is 2.57. The largest absolute Gasteiger partial charge is 0.383 e. The van der Waals surface area contributed by atoms with Crippen LogP contribution in [-0.2, 0) is 14.1 Å². The van der Waals surface area contributed by atoms with Gasteiger partial charge in [0, 0.05) is 24.1 Å². The van der Waals surface area contributed by atoms with Crippen LogP contribution in [0.2, 0.25) is 0 Å². The minimum Gasteiger partial charge on any atom is -0.383 e. The highest BCUT2D eigenvalue weighted by atomic mass is 79.9. The van der Waals surface area contributed by atoms with Crippen LogP contribution in [0, 0.1) is 11.3 Å². The van der Waals surface area contributed by atoms with Gasteiger partial charge in [0.1, 0.15) is 17.5 Å². The van der Waals surface area contributed by atoms with Gasteiger partial charge >= 0.3 is 5.69 Å². The fraction of sp³-hybridized carbons (Fsp3) is 0.125.